The maximum Gasteiger partial charge on any atom is 0.269 e. The van der Waals surface area contributed by atoms with Crippen molar-refractivity contribution >= 4 is 28.6 Å². The van der Waals surface area contributed by atoms with Crippen LogP contribution >= 0.6 is 0 Å². The molecular weight excluding hydrogens is 430 g/mol. The molecule has 2 aromatic carbocycles. The first-order valence-electron chi connectivity index (χ1n) is 11.3. The van der Waals surface area contributed by atoms with Crippen molar-refractivity contribution in [2.24, 2.45) is 0 Å². The Bertz CT molecular complexity index is 1170. The Morgan fingerprint density at radius 1 is 1.09 bits per heavy atom. The lowest BCUT2D eigenvalue weighted by molar-refractivity contribution is -0.384. The molecule has 174 valence electrons. The number of hydrogen-bond donors (Lipinski definition) is 2. The van der Waals surface area contributed by atoms with Crippen LogP contribution in [0.2, 0.25) is 0 Å². The summed E-state index contributed by atoms with van der Waals surface area (Å²) in [6.45, 7) is 7.95. The Labute approximate surface area is 198 Å². The van der Waals surface area contributed by atoms with Gasteiger partial charge < -0.3 is 20.4 Å². The van der Waals surface area contributed by atoms with Gasteiger partial charge in [-0.2, -0.15) is 5.26 Å². The van der Waals surface area contributed by atoms with E-state index in [2.05, 4.69) is 50.5 Å². The normalized spacial score (nSPS) is 13.8. The molecule has 1 aliphatic rings. The standard InChI is InChI=1S/C25H27N7O2/c1-2-30-11-13-31(14-12-30)22-9-5-21(6-10-22)29-25-15-24(20(16-26)18-28-25)27-17-19-3-7-23(8-4-19)32(33)34/h3-10,15,18H,2,11-14,17H2,1H3,(H2,27,28,29). The van der Waals surface area contributed by atoms with Crippen molar-refractivity contribution in [2.45, 2.75) is 13.5 Å². The van der Waals surface area contributed by atoms with E-state index in [9.17, 15) is 15.4 Å². The summed E-state index contributed by atoms with van der Waals surface area (Å²) in [5, 5.41) is 26.8. The smallest absolute Gasteiger partial charge is 0.269 e. The Morgan fingerprint density at radius 2 is 1.79 bits per heavy atom. The van der Waals surface area contributed by atoms with Crippen molar-refractivity contribution in [2.75, 3.05) is 48.3 Å². The summed E-state index contributed by atoms with van der Waals surface area (Å²) in [4.78, 5) is 19.6. The molecule has 1 aliphatic heterocycles. The molecule has 1 saturated heterocycles. The summed E-state index contributed by atoms with van der Waals surface area (Å²) in [5.41, 5.74) is 4.11. The van der Waals surface area contributed by atoms with Gasteiger partial charge in [0.25, 0.3) is 5.69 Å². The van der Waals surface area contributed by atoms with Crippen LogP contribution in [0, 0.1) is 21.4 Å². The molecule has 0 bridgehead atoms. The number of nitro groups is 1. The molecule has 1 fully saturated rings. The van der Waals surface area contributed by atoms with E-state index in [1.807, 2.05) is 12.1 Å². The van der Waals surface area contributed by atoms with E-state index >= 15 is 0 Å². The highest BCUT2D eigenvalue weighted by Crippen LogP contribution is 2.24. The van der Waals surface area contributed by atoms with Crippen molar-refractivity contribution in [3.05, 3.63) is 82.0 Å². The fourth-order valence-corrected chi connectivity index (χ4v) is 3.92. The summed E-state index contributed by atoms with van der Waals surface area (Å²) in [6.07, 6.45) is 1.53. The second-order valence-electron chi connectivity index (χ2n) is 8.10. The number of nitriles is 1. The maximum atomic E-state index is 10.8. The minimum Gasteiger partial charge on any atom is -0.380 e. The number of anilines is 4. The molecule has 0 spiro atoms. The largest absolute Gasteiger partial charge is 0.380 e. The number of nitrogens with zero attached hydrogens (tertiary/aromatic N) is 5. The van der Waals surface area contributed by atoms with Gasteiger partial charge in [-0.25, -0.2) is 4.98 Å². The first kappa shape index (κ1) is 23.0. The van der Waals surface area contributed by atoms with E-state index in [-0.39, 0.29) is 5.69 Å². The number of likely N-dealkylation sites (N-methyl/N-ethyl adjacent to an activating group) is 1. The Morgan fingerprint density at radius 3 is 2.41 bits per heavy atom. The molecule has 9 nitrogen and oxygen atoms in total. The molecule has 2 N–H and O–H groups in total. The van der Waals surface area contributed by atoms with Crippen LogP contribution in [0.1, 0.15) is 18.1 Å². The van der Waals surface area contributed by atoms with Crippen molar-refractivity contribution < 1.29 is 4.92 Å². The van der Waals surface area contributed by atoms with E-state index in [0.717, 1.165) is 44.0 Å². The van der Waals surface area contributed by atoms with E-state index in [4.69, 9.17) is 0 Å². The second-order valence-corrected chi connectivity index (χ2v) is 8.10. The summed E-state index contributed by atoms with van der Waals surface area (Å²) in [5.74, 6) is 0.620. The predicted molar refractivity (Wildman–Crippen MR) is 133 cm³/mol. The van der Waals surface area contributed by atoms with Crippen LogP contribution in [-0.2, 0) is 6.54 Å². The van der Waals surface area contributed by atoms with Gasteiger partial charge in [0, 0.05) is 68.5 Å². The number of hydrogen-bond acceptors (Lipinski definition) is 8. The number of nitro benzene ring substituents is 1. The summed E-state index contributed by atoms with van der Waals surface area (Å²) in [6, 6.07) is 18.6. The SMILES string of the molecule is CCN1CCN(c2ccc(Nc3cc(NCc4ccc([N+](=O)[O-])cc4)c(C#N)cn3)cc2)CC1. The Balaban J connectivity index is 1.40. The van der Waals surface area contributed by atoms with Crippen LogP contribution in [0.3, 0.4) is 0 Å². The molecule has 4 rings (SSSR count). The third-order valence-electron chi connectivity index (χ3n) is 5.98. The topological polar surface area (TPSA) is 110 Å². The third kappa shape index (κ3) is 5.60. The third-order valence-corrected chi connectivity index (χ3v) is 5.98. The van der Waals surface area contributed by atoms with Crippen LogP contribution in [0.15, 0.2) is 60.8 Å². The van der Waals surface area contributed by atoms with Gasteiger partial charge in [0.05, 0.1) is 16.2 Å². The Kier molecular flexibility index (Phi) is 7.20. The van der Waals surface area contributed by atoms with Crippen LogP contribution in [0.4, 0.5) is 28.6 Å². The highest BCUT2D eigenvalue weighted by molar-refractivity contribution is 5.67. The lowest BCUT2D eigenvalue weighted by atomic mass is 10.2. The van der Waals surface area contributed by atoms with Crippen molar-refractivity contribution in [3.63, 3.8) is 0 Å². The van der Waals surface area contributed by atoms with E-state index in [1.165, 1.54) is 24.0 Å². The highest BCUT2D eigenvalue weighted by atomic mass is 16.6. The van der Waals surface area contributed by atoms with Crippen LogP contribution < -0.4 is 15.5 Å². The minimum atomic E-state index is -0.426. The Hall–Kier alpha value is -4.16. The highest BCUT2D eigenvalue weighted by Gasteiger charge is 2.15. The van der Waals surface area contributed by atoms with E-state index in [0.29, 0.717) is 23.6 Å². The van der Waals surface area contributed by atoms with Crippen LogP contribution in [-0.4, -0.2) is 47.5 Å². The zero-order chi connectivity index (χ0) is 23.9. The van der Waals surface area contributed by atoms with Gasteiger partial charge >= 0.3 is 0 Å². The average molecular weight is 458 g/mol. The van der Waals surface area contributed by atoms with Crippen molar-refractivity contribution in [3.8, 4) is 6.07 Å². The summed E-state index contributed by atoms with van der Waals surface area (Å²) >= 11 is 0. The molecule has 0 saturated carbocycles. The molecule has 0 radical (unpaired) electrons. The molecule has 2 heterocycles. The van der Waals surface area contributed by atoms with Crippen LogP contribution in [0.25, 0.3) is 0 Å². The van der Waals surface area contributed by atoms with Crippen molar-refractivity contribution in [1.29, 1.82) is 5.26 Å². The van der Waals surface area contributed by atoms with Gasteiger partial charge in [0.1, 0.15) is 11.9 Å². The number of piperazine rings is 1. The van der Waals surface area contributed by atoms with Gasteiger partial charge in [0.15, 0.2) is 0 Å². The monoisotopic (exact) mass is 457 g/mol. The number of pyridine rings is 1. The van der Waals surface area contributed by atoms with Gasteiger partial charge in [-0.1, -0.05) is 19.1 Å². The molecular formula is C25H27N7O2. The zero-order valence-corrected chi connectivity index (χ0v) is 19.1. The number of aromatic nitrogens is 1. The van der Waals surface area contributed by atoms with Gasteiger partial charge in [-0.3, -0.25) is 10.1 Å². The molecule has 0 unspecified atom stereocenters. The summed E-state index contributed by atoms with van der Waals surface area (Å²) < 4.78 is 0. The first-order chi connectivity index (χ1) is 16.6. The average Bonchev–Trinajstić information content (AvgIpc) is 2.88. The van der Waals surface area contributed by atoms with E-state index in [1.54, 1.807) is 18.2 Å². The number of rotatable bonds is 8. The van der Waals surface area contributed by atoms with Gasteiger partial charge in [0.2, 0.25) is 0 Å². The fourth-order valence-electron chi connectivity index (χ4n) is 3.92. The number of nitrogens with one attached hydrogen (secondary N) is 2. The molecule has 0 atom stereocenters. The van der Waals surface area contributed by atoms with E-state index < -0.39 is 4.92 Å². The van der Waals surface area contributed by atoms with Crippen LogP contribution in [0.5, 0.6) is 0 Å². The van der Waals surface area contributed by atoms with Gasteiger partial charge in [-0.15, -0.1) is 0 Å². The zero-order valence-electron chi connectivity index (χ0n) is 19.1. The number of benzene rings is 2. The van der Waals surface area contributed by atoms with Crippen molar-refractivity contribution in [1.82, 2.24) is 9.88 Å². The molecule has 1 aromatic heterocycles. The fraction of sp³-hybridized carbons (Fsp3) is 0.280. The molecule has 3 aromatic rings. The molecule has 0 amide bonds. The lowest BCUT2D eigenvalue weighted by Gasteiger charge is -2.35. The molecule has 34 heavy (non-hydrogen) atoms. The van der Waals surface area contributed by atoms with Gasteiger partial charge in [-0.05, 0) is 36.4 Å². The minimum absolute atomic E-state index is 0.0473. The maximum absolute atomic E-state index is 10.8. The summed E-state index contributed by atoms with van der Waals surface area (Å²) in [7, 11) is 0. The molecule has 9 heteroatoms. The second kappa shape index (κ2) is 10.6. The predicted octanol–water partition coefficient (Wildman–Crippen LogP) is 4.36. The lowest BCUT2D eigenvalue weighted by Crippen LogP contribution is -2.46. The quantitative estimate of drug-likeness (QED) is 0.379. The molecule has 0 aliphatic carbocycles. The number of non-ortho nitro benzene ring substituents is 1. The first-order valence-corrected chi connectivity index (χ1v) is 11.3.